The highest BCUT2D eigenvalue weighted by molar-refractivity contribution is 5.99. The molecule has 34 heavy (non-hydrogen) atoms. The SMILES string of the molecule is O=C(NC12CC3CC(CC(C3)C1)C2)c1cnn2c1NC(c1ccccc1)CC2c1ccncc1. The number of aromatic nitrogens is 3. The molecule has 4 saturated carbocycles. The number of benzene rings is 1. The van der Waals surface area contributed by atoms with E-state index >= 15 is 0 Å². The maximum atomic E-state index is 13.7. The second-order valence-electron chi connectivity index (χ2n) is 11.1. The predicted octanol–water partition coefficient (Wildman–Crippen LogP) is 5.12. The molecule has 4 bridgehead atoms. The highest BCUT2D eigenvalue weighted by Crippen LogP contribution is 2.55. The van der Waals surface area contributed by atoms with Gasteiger partial charge in [0, 0.05) is 17.9 Å². The van der Waals surface area contributed by atoms with Crippen LogP contribution >= 0.6 is 0 Å². The largest absolute Gasteiger partial charge is 0.363 e. The Morgan fingerprint density at radius 2 is 1.59 bits per heavy atom. The van der Waals surface area contributed by atoms with Crippen molar-refractivity contribution in [3.63, 3.8) is 0 Å². The molecule has 4 aliphatic carbocycles. The van der Waals surface area contributed by atoms with Crippen LogP contribution in [0.1, 0.15) is 78.5 Å². The standard InChI is InChI=1S/C28H31N5O/c34-27(32-28-14-18-10-19(15-28)12-20(11-18)16-28)23-17-30-33-25(22-6-8-29-9-7-22)13-24(31-26(23)33)21-4-2-1-3-5-21/h1-9,17-20,24-25,31H,10-16H2,(H,32,34). The molecule has 6 heteroatoms. The molecule has 0 saturated heterocycles. The van der Waals surface area contributed by atoms with Crippen molar-refractivity contribution in [2.24, 2.45) is 17.8 Å². The maximum absolute atomic E-state index is 13.7. The zero-order valence-electron chi connectivity index (χ0n) is 19.4. The summed E-state index contributed by atoms with van der Waals surface area (Å²) in [6.07, 6.45) is 13.8. The average Bonchev–Trinajstić information content (AvgIpc) is 3.28. The van der Waals surface area contributed by atoms with Gasteiger partial charge in [0.2, 0.25) is 0 Å². The first kappa shape index (κ1) is 20.2. The highest BCUT2D eigenvalue weighted by Gasteiger charge is 2.51. The van der Waals surface area contributed by atoms with E-state index in [1.807, 2.05) is 23.1 Å². The summed E-state index contributed by atoms with van der Waals surface area (Å²) < 4.78 is 2.00. The Hall–Kier alpha value is -3.15. The monoisotopic (exact) mass is 453 g/mol. The fourth-order valence-electron chi connectivity index (χ4n) is 7.80. The lowest BCUT2D eigenvalue weighted by atomic mass is 9.53. The van der Waals surface area contributed by atoms with Gasteiger partial charge in [0.05, 0.1) is 18.3 Å². The van der Waals surface area contributed by atoms with Crippen LogP contribution in [0.15, 0.2) is 61.1 Å². The fourth-order valence-corrected chi connectivity index (χ4v) is 7.80. The fraction of sp³-hybridized carbons (Fsp3) is 0.464. The third kappa shape index (κ3) is 3.34. The lowest BCUT2D eigenvalue weighted by Crippen LogP contribution is -2.59. The third-order valence-corrected chi connectivity index (χ3v) is 8.81. The van der Waals surface area contributed by atoms with Crippen LogP contribution in [0.2, 0.25) is 0 Å². The van der Waals surface area contributed by atoms with Crippen LogP contribution < -0.4 is 10.6 Å². The molecule has 2 atom stereocenters. The van der Waals surface area contributed by atoms with E-state index in [0.717, 1.165) is 54.8 Å². The van der Waals surface area contributed by atoms with E-state index in [1.165, 1.54) is 24.8 Å². The summed E-state index contributed by atoms with van der Waals surface area (Å²) >= 11 is 0. The van der Waals surface area contributed by atoms with Crippen LogP contribution in [0, 0.1) is 17.8 Å². The molecular weight excluding hydrogens is 422 g/mol. The number of carbonyl (C=O) groups is 1. The van der Waals surface area contributed by atoms with Crippen molar-refractivity contribution in [3.8, 4) is 0 Å². The van der Waals surface area contributed by atoms with Gasteiger partial charge in [-0.15, -0.1) is 0 Å². The van der Waals surface area contributed by atoms with E-state index in [4.69, 9.17) is 5.10 Å². The van der Waals surface area contributed by atoms with Crippen LogP contribution in [-0.4, -0.2) is 26.2 Å². The lowest BCUT2D eigenvalue weighted by molar-refractivity contribution is -0.0166. The number of anilines is 1. The number of pyridine rings is 1. The van der Waals surface area contributed by atoms with Crippen molar-refractivity contribution in [2.45, 2.75) is 62.6 Å². The molecule has 174 valence electrons. The van der Waals surface area contributed by atoms with Crippen molar-refractivity contribution < 1.29 is 4.79 Å². The predicted molar refractivity (Wildman–Crippen MR) is 130 cm³/mol. The zero-order valence-corrected chi connectivity index (χ0v) is 19.4. The Labute approximate surface area is 200 Å². The van der Waals surface area contributed by atoms with Crippen LogP contribution in [0.4, 0.5) is 5.82 Å². The van der Waals surface area contributed by atoms with Crippen molar-refractivity contribution in [1.82, 2.24) is 20.1 Å². The minimum Gasteiger partial charge on any atom is -0.363 e. The molecular formula is C28H31N5O. The van der Waals surface area contributed by atoms with Crippen molar-refractivity contribution >= 4 is 11.7 Å². The molecule has 2 unspecified atom stereocenters. The Balaban J connectivity index is 1.23. The summed E-state index contributed by atoms with van der Waals surface area (Å²) in [5.74, 6) is 3.24. The van der Waals surface area contributed by atoms with Gasteiger partial charge in [-0.2, -0.15) is 5.10 Å². The number of hydrogen-bond acceptors (Lipinski definition) is 4. The number of nitrogens with one attached hydrogen (secondary N) is 2. The van der Waals surface area contributed by atoms with Crippen LogP contribution in [0.5, 0.6) is 0 Å². The third-order valence-electron chi connectivity index (χ3n) is 8.81. The lowest BCUT2D eigenvalue weighted by Gasteiger charge is -2.56. The molecule has 6 nitrogen and oxygen atoms in total. The molecule has 2 N–H and O–H groups in total. The Bertz CT molecular complexity index is 1170. The van der Waals surface area contributed by atoms with E-state index in [0.29, 0.717) is 5.56 Å². The van der Waals surface area contributed by atoms with Crippen molar-refractivity contribution in [2.75, 3.05) is 5.32 Å². The van der Waals surface area contributed by atoms with Gasteiger partial charge in [-0.25, -0.2) is 4.68 Å². The van der Waals surface area contributed by atoms with E-state index in [9.17, 15) is 4.79 Å². The van der Waals surface area contributed by atoms with Crippen LogP contribution in [0.25, 0.3) is 0 Å². The quantitative estimate of drug-likeness (QED) is 0.575. The summed E-state index contributed by atoms with van der Waals surface area (Å²) in [6.45, 7) is 0. The van der Waals surface area contributed by atoms with Gasteiger partial charge in [0.15, 0.2) is 0 Å². The summed E-state index contributed by atoms with van der Waals surface area (Å²) in [5.41, 5.74) is 3.03. The first-order valence-electron chi connectivity index (χ1n) is 12.8. The smallest absolute Gasteiger partial charge is 0.257 e. The normalized spacial score (nSPS) is 33.2. The topological polar surface area (TPSA) is 71.8 Å². The van der Waals surface area contributed by atoms with Crippen molar-refractivity contribution in [3.05, 3.63) is 77.7 Å². The summed E-state index contributed by atoms with van der Waals surface area (Å²) in [7, 11) is 0. The Morgan fingerprint density at radius 3 is 2.26 bits per heavy atom. The van der Waals surface area contributed by atoms with Crippen LogP contribution in [0.3, 0.4) is 0 Å². The zero-order chi connectivity index (χ0) is 22.7. The molecule has 1 aromatic carbocycles. The molecule has 8 rings (SSSR count). The van der Waals surface area contributed by atoms with E-state index in [-0.39, 0.29) is 23.5 Å². The molecule has 0 spiro atoms. The average molecular weight is 454 g/mol. The molecule has 3 aromatic rings. The van der Waals surface area contributed by atoms with Gasteiger partial charge in [-0.05, 0) is 86.0 Å². The second-order valence-corrected chi connectivity index (χ2v) is 11.1. The number of carbonyl (C=O) groups excluding carboxylic acids is 1. The molecule has 2 aromatic heterocycles. The first-order valence-corrected chi connectivity index (χ1v) is 12.8. The number of nitrogens with zero attached hydrogens (tertiary/aromatic N) is 3. The van der Waals surface area contributed by atoms with Crippen LogP contribution in [-0.2, 0) is 0 Å². The molecule has 3 heterocycles. The minimum absolute atomic E-state index is 0.0152. The van der Waals surface area contributed by atoms with Gasteiger partial charge in [-0.1, -0.05) is 30.3 Å². The molecule has 1 amide bonds. The van der Waals surface area contributed by atoms with E-state index in [1.54, 1.807) is 6.20 Å². The van der Waals surface area contributed by atoms with Gasteiger partial charge in [0.1, 0.15) is 11.4 Å². The minimum atomic E-state index is -0.0152. The maximum Gasteiger partial charge on any atom is 0.257 e. The van der Waals surface area contributed by atoms with Gasteiger partial charge < -0.3 is 10.6 Å². The van der Waals surface area contributed by atoms with E-state index < -0.39 is 0 Å². The first-order chi connectivity index (χ1) is 16.7. The summed E-state index contributed by atoms with van der Waals surface area (Å²) in [4.78, 5) is 17.9. The number of rotatable bonds is 4. The van der Waals surface area contributed by atoms with Gasteiger partial charge in [-0.3, -0.25) is 9.78 Å². The number of hydrogen-bond donors (Lipinski definition) is 2. The second kappa shape index (κ2) is 7.69. The number of amides is 1. The summed E-state index contributed by atoms with van der Waals surface area (Å²) in [5, 5.41) is 11.9. The Morgan fingerprint density at radius 1 is 0.912 bits per heavy atom. The molecule has 5 aliphatic rings. The highest BCUT2D eigenvalue weighted by atomic mass is 16.1. The molecule has 4 fully saturated rings. The van der Waals surface area contributed by atoms with Gasteiger partial charge in [0.25, 0.3) is 5.91 Å². The Kier molecular flexibility index (Phi) is 4.58. The van der Waals surface area contributed by atoms with Crippen molar-refractivity contribution in [1.29, 1.82) is 0 Å². The molecule has 1 aliphatic heterocycles. The molecule has 0 radical (unpaired) electrons. The van der Waals surface area contributed by atoms with E-state index in [2.05, 4.69) is 52.0 Å². The number of fused-ring (bicyclic) bond motifs is 1. The summed E-state index contributed by atoms with van der Waals surface area (Å²) in [6, 6.07) is 14.8. The van der Waals surface area contributed by atoms with Gasteiger partial charge >= 0.3 is 0 Å².